The Morgan fingerprint density at radius 1 is 1.55 bits per heavy atom. The Morgan fingerprint density at radius 3 is 2.45 bits per heavy atom. The van der Waals surface area contributed by atoms with Crippen LogP contribution in [-0.2, 0) is 0 Å². The maximum absolute atomic E-state index is 11.3. The number of nitrogens with zero attached hydrogens (tertiary/aromatic N) is 4. The predicted octanol–water partition coefficient (Wildman–Crippen LogP) is 3.60. The molecule has 1 aromatic rings. The first-order chi connectivity index (χ1) is 10.3. The van der Waals surface area contributed by atoms with Gasteiger partial charge in [-0.1, -0.05) is 6.07 Å². The fourth-order valence-electron chi connectivity index (χ4n) is 1.19. The van der Waals surface area contributed by atoms with Crippen LogP contribution in [0.15, 0.2) is 23.3 Å². The number of carbonyl (C=O) groups excluding carboxylic acids is 1. The van der Waals surface area contributed by atoms with Crippen molar-refractivity contribution in [3.63, 3.8) is 0 Å². The van der Waals surface area contributed by atoms with Crippen LogP contribution in [0.2, 0.25) is 0 Å². The standard InChI is InChI=1S/C8H4N4O5.C3H6Cl2/c9-11-10-7(13)6-4(8(14)15)2-1-3-5(6)12(16)17;1-3(5)2-4/h1-3H,(H,14,15);3H,2H2,1H3. The molecule has 1 atom stereocenters. The van der Waals surface area contributed by atoms with Crippen molar-refractivity contribution in [2.45, 2.75) is 12.3 Å². The van der Waals surface area contributed by atoms with E-state index in [1.54, 1.807) is 0 Å². The Hall–Kier alpha value is -2.35. The summed E-state index contributed by atoms with van der Waals surface area (Å²) in [7, 11) is 0. The number of benzene rings is 1. The fourth-order valence-corrected chi connectivity index (χ4v) is 1.19. The number of carboxylic acids is 1. The molecule has 0 heterocycles. The second kappa shape index (κ2) is 9.56. The Bertz CT molecular complexity index is 597. The fraction of sp³-hybridized carbons (Fsp3) is 0.273. The highest BCUT2D eigenvalue weighted by Crippen LogP contribution is 2.23. The van der Waals surface area contributed by atoms with Gasteiger partial charge in [0.25, 0.3) is 11.6 Å². The van der Waals surface area contributed by atoms with Crippen LogP contribution >= 0.6 is 23.2 Å². The van der Waals surface area contributed by atoms with Gasteiger partial charge in [0.15, 0.2) is 0 Å². The zero-order valence-electron chi connectivity index (χ0n) is 11.1. The molecule has 0 spiro atoms. The number of nitro groups is 1. The molecular formula is C11H10Cl2N4O5. The molecule has 118 valence electrons. The Kier molecular flexibility index (Phi) is 8.54. The first-order valence-corrected chi connectivity index (χ1v) is 6.53. The molecule has 0 aromatic heterocycles. The minimum atomic E-state index is -1.52. The maximum Gasteiger partial charge on any atom is 0.336 e. The summed E-state index contributed by atoms with van der Waals surface area (Å²) >= 11 is 10.5. The van der Waals surface area contributed by atoms with Crippen molar-refractivity contribution >= 4 is 40.8 Å². The van der Waals surface area contributed by atoms with E-state index >= 15 is 0 Å². The number of hydrogen-bond donors (Lipinski definition) is 1. The molecule has 0 aliphatic carbocycles. The minimum Gasteiger partial charge on any atom is -0.478 e. The van der Waals surface area contributed by atoms with E-state index in [2.05, 4.69) is 10.0 Å². The Balaban J connectivity index is 0.000000763. The molecular weight excluding hydrogens is 339 g/mol. The summed E-state index contributed by atoms with van der Waals surface area (Å²) in [5.74, 6) is -2.29. The molecule has 1 rings (SSSR count). The monoisotopic (exact) mass is 348 g/mol. The van der Waals surface area contributed by atoms with Crippen molar-refractivity contribution in [1.29, 1.82) is 0 Å². The zero-order valence-corrected chi connectivity index (χ0v) is 12.7. The quantitative estimate of drug-likeness (QED) is 0.220. The van der Waals surface area contributed by atoms with Crippen LogP contribution in [0.3, 0.4) is 0 Å². The average molecular weight is 349 g/mol. The summed E-state index contributed by atoms with van der Waals surface area (Å²) in [4.78, 5) is 34.0. The number of rotatable bonds is 4. The van der Waals surface area contributed by atoms with Gasteiger partial charge < -0.3 is 5.11 Å². The molecule has 0 fully saturated rings. The molecule has 9 nitrogen and oxygen atoms in total. The van der Waals surface area contributed by atoms with Crippen LogP contribution < -0.4 is 0 Å². The van der Waals surface area contributed by atoms with Crippen molar-refractivity contribution in [2.24, 2.45) is 5.11 Å². The third kappa shape index (κ3) is 5.96. The van der Waals surface area contributed by atoms with E-state index < -0.39 is 33.6 Å². The van der Waals surface area contributed by atoms with Gasteiger partial charge in [-0.3, -0.25) is 14.9 Å². The smallest absolute Gasteiger partial charge is 0.336 e. The Labute approximate surface area is 134 Å². The molecule has 1 unspecified atom stereocenters. The largest absolute Gasteiger partial charge is 0.478 e. The van der Waals surface area contributed by atoms with Gasteiger partial charge in [0, 0.05) is 22.2 Å². The van der Waals surface area contributed by atoms with Crippen LogP contribution in [-0.4, -0.2) is 33.2 Å². The number of amides is 1. The van der Waals surface area contributed by atoms with Gasteiger partial charge in [-0.15, -0.1) is 23.2 Å². The lowest BCUT2D eigenvalue weighted by molar-refractivity contribution is -0.385. The lowest BCUT2D eigenvalue weighted by Crippen LogP contribution is -2.09. The third-order valence-electron chi connectivity index (χ3n) is 2.03. The van der Waals surface area contributed by atoms with Gasteiger partial charge in [0.05, 0.1) is 10.5 Å². The van der Waals surface area contributed by atoms with Gasteiger partial charge in [-0.2, -0.15) is 0 Å². The molecule has 0 aliphatic heterocycles. The van der Waals surface area contributed by atoms with E-state index in [1.165, 1.54) is 0 Å². The molecule has 0 aliphatic rings. The van der Waals surface area contributed by atoms with Crippen molar-refractivity contribution in [3.8, 4) is 0 Å². The zero-order chi connectivity index (χ0) is 17.3. The van der Waals surface area contributed by atoms with Gasteiger partial charge >= 0.3 is 5.97 Å². The Morgan fingerprint density at radius 2 is 2.09 bits per heavy atom. The molecule has 1 amide bonds. The molecule has 1 N–H and O–H groups in total. The lowest BCUT2D eigenvalue weighted by Gasteiger charge is -2.02. The molecule has 22 heavy (non-hydrogen) atoms. The highest BCUT2D eigenvalue weighted by Gasteiger charge is 2.26. The van der Waals surface area contributed by atoms with Crippen molar-refractivity contribution in [2.75, 3.05) is 5.88 Å². The summed E-state index contributed by atoms with van der Waals surface area (Å²) in [5, 5.41) is 22.2. The van der Waals surface area contributed by atoms with E-state index in [0.717, 1.165) is 18.2 Å². The van der Waals surface area contributed by atoms with Gasteiger partial charge in [0.2, 0.25) is 0 Å². The van der Waals surface area contributed by atoms with E-state index in [9.17, 15) is 19.7 Å². The maximum atomic E-state index is 11.3. The summed E-state index contributed by atoms with van der Waals surface area (Å²) in [6, 6.07) is 3.08. The first kappa shape index (κ1) is 19.7. The summed E-state index contributed by atoms with van der Waals surface area (Å²) < 4.78 is 0. The van der Waals surface area contributed by atoms with E-state index in [0.29, 0.717) is 5.88 Å². The molecule has 11 heteroatoms. The van der Waals surface area contributed by atoms with Crippen LogP contribution in [0.1, 0.15) is 27.6 Å². The number of carboxylic acid groups (broad SMARTS) is 1. The highest BCUT2D eigenvalue weighted by atomic mass is 35.5. The van der Waals surface area contributed by atoms with Crippen molar-refractivity contribution < 1.29 is 19.6 Å². The normalized spacial score (nSPS) is 10.5. The highest BCUT2D eigenvalue weighted by molar-refractivity contribution is 6.27. The number of nitro benzene ring substituents is 1. The van der Waals surface area contributed by atoms with E-state index in [4.69, 9.17) is 33.8 Å². The summed E-state index contributed by atoms with van der Waals surface area (Å²) in [6.45, 7) is 1.86. The lowest BCUT2D eigenvalue weighted by atomic mass is 10.1. The van der Waals surface area contributed by atoms with Crippen LogP contribution in [0.4, 0.5) is 5.69 Å². The van der Waals surface area contributed by atoms with Gasteiger partial charge in [0.1, 0.15) is 5.56 Å². The van der Waals surface area contributed by atoms with Gasteiger partial charge in [-0.05, 0) is 23.6 Å². The number of carbonyl (C=O) groups is 2. The van der Waals surface area contributed by atoms with Crippen molar-refractivity contribution in [1.82, 2.24) is 0 Å². The molecule has 1 aromatic carbocycles. The molecule has 0 saturated carbocycles. The van der Waals surface area contributed by atoms with Gasteiger partial charge in [-0.25, -0.2) is 4.79 Å². The first-order valence-electron chi connectivity index (χ1n) is 5.56. The summed E-state index contributed by atoms with van der Waals surface area (Å²) in [6.07, 6.45) is 0. The van der Waals surface area contributed by atoms with Crippen LogP contribution in [0.5, 0.6) is 0 Å². The van der Waals surface area contributed by atoms with E-state index in [1.807, 2.05) is 6.92 Å². The molecule has 0 saturated heterocycles. The number of alkyl halides is 2. The number of halogens is 2. The summed E-state index contributed by atoms with van der Waals surface area (Å²) in [5.41, 5.74) is 6.04. The van der Waals surface area contributed by atoms with Crippen LogP contribution in [0.25, 0.3) is 10.4 Å². The molecule has 0 radical (unpaired) electrons. The number of hydrogen-bond acceptors (Lipinski definition) is 4. The number of azide groups is 1. The van der Waals surface area contributed by atoms with Crippen molar-refractivity contribution in [3.05, 3.63) is 49.9 Å². The van der Waals surface area contributed by atoms with Crippen LogP contribution in [0, 0.1) is 10.1 Å². The van der Waals surface area contributed by atoms with E-state index in [-0.39, 0.29) is 5.38 Å². The molecule has 0 bridgehead atoms. The topological polar surface area (TPSA) is 146 Å². The number of aromatic carboxylic acids is 1. The minimum absolute atomic E-state index is 0.122. The SMILES string of the molecule is CC(Cl)CCl.[N-]=[N+]=NC(=O)c1c(C(=O)O)cccc1[N+](=O)[O-]. The average Bonchev–Trinajstić information content (AvgIpc) is 2.47. The predicted molar refractivity (Wildman–Crippen MR) is 79.6 cm³/mol. The second-order valence-electron chi connectivity index (χ2n) is 3.69. The second-order valence-corrected chi connectivity index (χ2v) is 4.75. The third-order valence-corrected chi connectivity index (χ3v) is 2.81.